The number of piperidine rings is 2. The minimum absolute atomic E-state index is 0.110. The summed E-state index contributed by atoms with van der Waals surface area (Å²) >= 11 is 0. The van der Waals surface area contributed by atoms with E-state index in [0.717, 1.165) is 30.0 Å². The minimum atomic E-state index is -0.944. The maximum Gasteiger partial charge on any atom is 0.262 e. The molecule has 3 N–H and O–H groups in total. The van der Waals surface area contributed by atoms with Gasteiger partial charge in [0, 0.05) is 31.2 Å². The lowest BCUT2D eigenvalue weighted by Crippen LogP contribution is -2.54. The fourth-order valence-corrected chi connectivity index (χ4v) is 4.41. The van der Waals surface area contributed by atoms with Crippen molar-refractivity contribution in [2.24, 2.45) is 11.7 Å². The third kappa shape index (κ3) is 2.97. The van der Waals surface area contributed by atoms with Gasteiger partial charge in [-0.2, -0.15) is 0 Å². The molecule has 0 saturated carbocycles. The Bertz CT molecular complexity index is 868. The van der Waals surface area contributed by atoms with Crippen molar-refractivity contribution < 1.29 is 19.2 Å². The fraction of sp³-hybridized carbons (Fsp3) is 0.500. The lowest BCUT2D eigenvalue weighted by atomic mass is 9.93. The monoisotopic (exact) mass is 384 g/mol. The SMILES string of the molecule is CC1CCC(CN)N(c2ccc3c(c2)C(=O)N(C2CCC(=O)NC2=O)C3=O)C1. The summed E-state index contributed by atoms with van der Waals surface area (Å²) in [5.74, 6) is -1.42. The van der Waals surface area contributed by atoms with Crippen LogP contribution < -0.4 is 16.0 Å². The van der Waals surface area contributed by atoms with Crippen LogP contribution in [0.1, 0.15) is 53.3 Å². The number of hydrogen-bond donors (Lipinski definition) is 2. The number of benzene rings is 1. The zero-order valence-corrected chi connectivity index (χ0v) is 15.8. The molecule has 28 heavy (non-hydrogen) atoms. The molecule has 0 aliphatic carbocycles. The molecular formula is C20H24N4O4. The highest BCUT2D eigenvalue weighted by molar-refractivity contribution is 6.23. The van der Waals surface area contributed by atoms with Crippen LogP contribution in [-0.4, -0.2) is 53.7 Å². The number of nitrogens with two attached hydrogens (primary N) is 1. The second kappa shape index (κ2) is 7.01. The van der Waals surface area contributed by atoms with E-state index in [9.17, 15) is 19.2 Å². The summed E-state index contributed by atoms with van der Waals surface area (Å²) < 4.78 is 0. The van der Waals surface area contributed by atoms with Gasteiger partial charge in [0.2, 0.25) is 11.8 Å². The van der Waals surface area contributed by atoms with E-state index in [1.165, 1.54) is 0 Å². The Morgan fingerprint density at radius 2 is 1.82 bits per heavy atom. The third-order valence-electron chi connectivity index (χ3n) is 5.97. The van der Waals surface area contributed by atoms with Gasteiger partial charge >= 0.3 is 0 Å². The first-order valence-corrected chi connectivity index (χ1v) is 9.73. The summed E-state index contributed by atoms with van der Waals surface area (Å²) in [5.41, 5.74) is 7.41. The van der Waals surface area contributed by atoms with Gasteiger partial charge in [-0.3, -0.25) is 29.4 Å². The van der Waals surface area contributed by atoms with Crippen molar-refractivity contribution in [3.63, 3.8) is 0 Å². The zero-order valence-electron chi connectivity index (χ0n) is 15.8. The smallest absolute Gasteiger partial charge is 0.262 e. The number of carbonyl (C=O) groups is 4. The Kier molecular flexibility index (Phi) is 4.66. The van der Waals surface area contributed by atoms with Gasteiger partial charge in [0.05, 0.1) is 11.1 Å². The summed E-state index contributed by atoms with van der Waals surface area (Å²) in [4.78, 5) is 52.5. The van der Waals surface area contributed by atoms with Crippen molar-refractivity contribution in [3.05, 3.63) is 29.3 Å². The van der Waals surface area contributed by atoms with Gasteiger partial charge in [-0.05, 0) is 43.4 Å². The largest absolute Gasteiger partial charge is 0.367 e. The summed E-state index contributed by atoms with van der Waals surface area (Å²) in [6.07, 6.45) is 2.37. The van der Waals surface area contributed by atoms with E-state index in [0.29, 0.717) is 23.6 Å². The van der Waals surface area contributed by atoms with Crippen LogP contribution in [0, 0.1) is 5.92 Å². The molecule has 4 amide bonds. The molecule has 0 spiro atoms. The maximum atomic E-state index is 13.0. The first-order valence-electron chi connectivity index (χ1n) is 9.73. The average molecular weight is 384 g/mol. The predicted octanol–water partition coefficient (Wildman–Crippen LogP) is 0.651. The Morgan fingerprint density at radius 1 is 1.07 bits per heavy atom. The normalized spacial score (nSPS) is 27.9. The topological polar surface area (TPSA) is 113 Å². The third-order valence-corrected chi connectivity index (χ3v) is 5.97. The summed E-state index contributed by atoms with van der Waals surface area (Å²) in [6.45, 7) is 3.56. The van der Waals surface area contributed by atoms with Crippen molar-refractivity contribution in [1.82, 2.24) is 10.2 Å². The second-order valence-electron chi connectivity index (χ2n) is 7.90. The average Bonchev–Trinajstić information content (AvgIpc) is 2.92. The van der Waals surface area contributed by atoms with Crippen LogP contribution in [0.2, 0.25) is 0 Å². The van der Waals surface area contributed by atoms with Gasteiger partial charge in [-0.1, -0.05) is 6.92 Å². The van der Waals surface area contributed by atoms with E-state index >= 15 is 0 Å². The summed E-state index contributed by atoms with van der Waals surface area (Å²) in [5, 5.41) is 2.21. The molecule has 0 aromatic heterocycles. The van der Waals surface area contributed by atoms with Crippen LogP contribution in [-0.2, 0) is 9.59 Å². The predicted molar refractivity (Wildman–Crippen MR) is 102 cm³/mol. The fourth-order valence-electron chi connectivity index (χ4n) is 4.41. The van der Waals surface area contributed by atoms with Crippen LogP contribution in [0.4, 0.5) is 5.69 Å². The molecule has 2 saturated heterocycles. The second-order valence-corrected chi connectivity index (χ2v) is 7.90. The molecule has 0 radical (unpaired) electrons. The van der Waals surface area contributed by atoms with Crippen LogP contribution in [0.25, 0.3) is 0 Å². The molecule has 3 aliphatic rings. The number of carbonyl (C=O) groups excluding carboxylic acids is 4. The molecule has 3 atom stereocenters. The number of imide groups is 2. The summed E-state index contributed by atoms with van der Waals surface area (Å²) in [7, 11) is 0. The number of fused-ring (bicyclic) bond motifs is 1. The van der Waals surface area contributed by atoms with Gasteiger partial charge in [0.1, 0.15) is 6.04 Å². The zero-order chi connectivity index (χ0) is 20.0. The number of nitrogens with zero attached hydrogens (tertiary/aromatic N) is 2. The first-order chi connectivity index (χ1) is 13.4. The molecule has 1 aromatic carbocycles. The van der Waals surface area contributed by atoms with E-state index < -0.39 is 23.8 Å². The van der Waals surface area contributed by atoms with Gasteiger partial charge in [-0.25, -0.2) is 0 Å². The van der Waals surface area contributed by atoms with Crippen molar-refractivity contribution in [2.75, 3.05) is 18.0 Å². The van der Waals surface area contributed by atoms with Gasteiger partial charge in [0.25, 0.3) is 11.8 Å². The number of hydrogen-bond acceptors (Lipinski definition) is 6. The molecule has 8 heteroatoms. The molecule has 8 nitrogen and oxygen atoms in total. The van der Waals surface area contributed by atoms with E-state index in [1.807, 2.05) is 6.07 Å². The van der Waals surface area contributed by atoms with Gasteiger partial charge in [-0.15, -0.1) is 0 Å². The number of nitrogens with one attached hydrogen (secondary N) is 1. The minimum Gasteiger partial charge on any atom is -0.367 e. The number of rotatable bonds is 3. The molecule has 1 aromatic rings. The Balaban J connectivity index is 1.64. The molecule has 4 rings (SSSR count). The van der Waals surface area contributed by atoms with Crippen molar-refractivity contribution >= 4 is 29.3 Å². The van der Waals surface area contributed by atoms with Crippen LogP contribution >= 0.6 is 0 Å². The maximum absolute atomic E-state index is 13.0. The molecule has 2 fully saturated rings. The number of anilines is 1. The standard InChI is InChI=1S/C20H24N4O4/c1-11-2-3-13(9-21)23(10-11)12-4-5-14-15(8-12)20(28)24(19(14)27)16-6-7-17(25)22-18(16)26/h4-5,8,11,13,16H,2-3,6-7,9-10,21H2,1H3,(H,22,25,26). The Morgan fingerprint density at radius 3 is 2.54 bits per heavy atom. The highest BCUT2D eigenvalue weighted by Crippen LogP contribution is 2.33. The lowest BCUT2D eigenvalue weighted by molar-refractivity contribution is -0.136. The quantitative estimate of drug-likeness (QED) is 0.740. The van der Waals surface area contributed by atoms with Crippen molar-refractivity contribution in [2.45, 2.75) is 44.7 Å². The van der Waals surface area contributed by atoms with E-state index in [2.05, 4.69) is 17.1 Å². The molecular weight excluding hydrogens is 360 g/mol. The van der Waals surface area contributed by atoms with Crippen molar-refractivity contribution in [3.8, 4) is 0 Å². The van der Waals surface area contributed by atoms with Crippen LogP contribution in [0.5, 0.6) is 0 Å². The molecule has 3 unspecified atom stereocenters. The first kappa shape index (κ1) is 18.6. The van der Waals surface area contributed by atoms with E-state index in [1.54, 1.807) is 12.1 Å². The van der Waals surface area contributed by atoms with E-state index in [-0.39, 0.29) is 24.8 Å². The molecule has 0 bridgehead atoms. The van der Waals surface area contributed by atoms with Crippen LogP contribution in [0.15, 0.2) is 18.2 Å². The van der Waals surface area contributed by atoms with Crippen molar-refractivity contribution in [1.29, 1.82) is 0 Å². The summed E-state index contributed by atoms with van der Waals surface area (Å²) in [6, 6.07) is 4.50. The Labute approximate surface area is 163 Å². The number of amides is 4. The van der Waals surface area contributed by atoms with Gasteiger partial charge < -0.3 is 10.6 Å². The highest BCUT2D eigenvalue weighted by Gasteiger charge is 2.44. The van der Waals surface area contributed by atoms with Gasteiger partial charge in [0.15, 0.2) is 0 Å². The molecule has 148 valence electrons. The van der Waals surface area contributed by atoms with Crippen LogP contribution in [0.3, 0.4) is 0 Å². The molecule has 3 heterocycles. The Hall–Kier alpha value is -2.74. The highest BCUT2D eigenvalue weighted by atomic mass is 16.2. The lowest BCUT2D eigenvalue weighted by Gasteiger charge is -2.40. The van der Waals surface area contributed by atoms with E-state index in [4.69, 9.17) is 5.73 Å². The molecule has 3 aliphatic heterocycles.